The molecule has 0 heterocycles. The fourth-order valence-electron chi connectivity index (χ4n) is 2.34. The van der Waals surface area contributed by atoms with Gasteiger partial charge in [0.25, 0.3) is 0 Å². The Balaban J connectivity index is 2.51. The van der Waals surface area contributed by atoms with E-state index in [-0.39, 0.29) is 11.7 Å². The van der Waals surface area contributed by atoms with Gasteiger partial charge in [0, 0.05) is 0 Å². The summed E-state index contributed by atoms with van der Waals surface area (Å²) in [5, 5.41) is 0.201. The van der Waals surface area contributed by atoms with Crippen molar-refractivity contribution in [2.75, 3.05) is 6.26 Å². The van der Waals surface area contributed by atoms with E-state index in [9.17, 15) is 8.42 Å². The first-order valence-corrected chi connectivity index (χ1v) is 9.72. The summed E-state index contributed by atoms with van der Waals surface area (Å²) in [5.74, 6) is 0. The Hall–Kier alpha value is -2.04. The first-order chi connectivity index (χ1) is 11.4. The fourth-order valence-corrected chi connectivity index (χ4v) is 3.74. The van der Waals surface area contributed by atoms with Gasteiger partial charge in [-0.3, -0.25) is 4.31 Å². The Bertz CT molecular complexity index is 815. The molecular weight excluding hydrogens is 342 g/mol. The highest BCUT2D eigenvalue weighted by molar-refractivity contribution is 7.88. The zero-order valence-corrected chi connectivity index (χ0v) is 15.1. The van der Waals surface area contributed by atoms with Crippen LogP contribution in [0.4, 0.5) is 0 Å². The van der Waals surface area contributed by atoms with Crippen LogP contribution in [0.3, 0.4) is 0 Å². The summed E-state index contributed by atoms with van der Waals surface area (Å²) in [7, 11) is -3.52. The lowest BCUT2D eigenvalue weighted by Gasteiger charge is -2.24. The van der Waals surface area contributed by atoms with Crippen LogP contribution in [0.15, 0.2) is 78.5 Å². The van der Waals surface area contributed by atoms with Crippen molar-refractivity contribution in [1.82, 2.24) is 4.31 Å². The molecule has 2 rings (SSSR count). The van der Waals surface area contributed by atoms with Gasteiger partial charge in [-0.2, -0.15) is 0 Å². The Kier molecular flexibility index (Phi) is 6.23. The topological polar surface area (TPSA) is 37.4 Å². The lowest BCUT2D eigenvalue weighted by Crippen LogP contribution is -2.27. The van der Waals surface area contributed by atoms with E-state index in [1.54, 1.807) is 6.08 Å². The minimum Gasteiger partial charge on any atom is -0.255 e. The molecule has 0 bridgehead atoms. The van der Waals surface area contributed by atoms with Crippen molar-refractivity contribution in [3.63, 3.8) is 0 Å². The van der Waals surface area contributed by atoms with Crippen LogP contribution in [-0.4, -0.2) is 19.0 Å². The summed E-state index contributed by atoms with van der Waals surface area (Å²) in [6, 6.07) is 18.9. The van der Waals surface area contributed by atoms with Crippen molar-refractivity contribution in [1.29, 1.82) is 0 Å². The highest BCUT2D eigenvalue weighted by Crippen LogP contribution is 2.30. The summed E-state index contributed by atoms with van der Waals surface area (Å²) in [4.78, 5) is 0. The normalized spacial score (nSPS) is 12.4. The van der Waals surface area contributed by atoms with Gasteiger partial charge < -0.3 is 0 Å². The number of benzene rings is 2. The number of halogens is 1. The van der Waals surface area contributed by atoms with E-state index in [4.69, 9.17) is 11.6 Å². The van der Waals surface area contributed by atoms with Crippen molar-refractivity contribution in [2.24, 2.45) is 0 Å². The summed E-state index contributed by atoms with van der Waals surface area (Å²) < 4.78 is 25.8. The molecule has 0 spiro atoms. The van der Waals surface area contributed by atoms with Gasteiger partial charge in [0.2, 0.25) is 10.0 Å². The molecule has 0 fully saturated rings. The Morgan fingerprint density at radius 2 is 1.62 bits per heavy atom. The zero-order valence-electron chi connectivity index (χ0n) is 13.5. The number of hydrogen-bond donors (Lipinski definition) is 0. The van der Waals surface area contributed by atoms with E-state index >= 15 is 0 Å². The molecular formula is C19H20ClNO2S. The highest BCUT2D eigenvalue weighted by atomic mass is 35.5. The third kappa shape index (κ3) is 4.73. The molecule has 5 heteroatoms. The monoisotopic (exact) mass is 361 g/mol. The molecule has 0 unspecified atom stereocenters. The zero-order chi connectivity index (χ0) is 17.6. The molecule has 3 nitrogen and oxygen atoms in total. The van der Waals surface area contributed by atoms with Gasteiger partial charge in [0.05, 0.1) is 12.8 Å². The maximum atomic E-state index is 12.3. The summed E-state index contributed by atoms with van der Waals surface area (Å²) in [6.45, 7) is 3.94. The van der Waals surface area contributed by atoms with E-state index < -0.39 is 10.0 Å². The van der Waals surface area contributed by atoms with Gasteiger partial charge >= 0.3 is 0 Å². The summed E-state index contributed by atoms with van der Waals surface area (Å²) in [5.41, 5.74) is 2.48. The van der Waals surface area contributed by atoms with E-state index in [0.717, 1.165) is 23.0 Å². The quantitative estimate of drug-likeness (QED) is 0.532. The molecule has 0 aliphatic heterocycles. The lowest BCUT2D eigenvalue weighted by atomic mass is 10.0. The SMILES string of the molecule is C=CC/C(=C(\Cl)N(Cc1ccccc1)S(C)(=O)=O)c1ccccc1. The third-order valence-electron chi connectivity index (χ3n) is 3.51. The van der Waals surface area contributed by atoms with E-state index in [1.807, 2.05) is 60.7 Å². The number of allylic oxidation sites excluding steroid dienone is 2. The maximum Gasteiger partial charge on any atom is 0.233 e. The molecule has 0 N–H and O–H groups in total. The van der Waals surface area contributed by atoms with Crippen LogP contribution in [0.5, 0.6) is 0 Å². The number of rotatable bonds is 7. The van der Waals surface area contributed by atoms with Crippen molar-refractivity contribution in [2.45, 2.75) is 13.0 Å². The van der Waals surface area contributed by atoms with Crippen LogP contribution in [-0.2, 0) is 16.6 Å². The molecule has 0 aliphatic carbocycles. The summed E-state index contributed by atoms with van der Waals surface area (Å²) in [6.07, 6.45) is 3.35. The minimum absolute atomic E-state index is 0.186. The van der Waals surface area contributed by atoms with Crippen LogP contribution in [0.1, 0.15) is 17.5 Å². The van der Waals surface area contributed by atoms with Crippen molar-refractivity contribution in [3.05, 3.63) is 89.6 Å². The predicted molar refractivity (Wildman–Crippen MR) is 101 cm³/mol. The number of sulfonamides is 1. The molecule has 0 amide bonds. The van der Waals surface area contributed by atoms with Crippen LogP contribution in [0, 0.1) is 0 Å². The van der Waals surface area contributed by atoms with Crippen LogP contribution >= 0.6 is 11.6 Å². The maximum absolute atomic E-state index is 12.3. The number of nitrogens with zero attached hydrogens (tertiary/aromatic N) is 1. The first-order valence-electron chi connectivity index (χ1n) is 7.50. The molecule has 2 aromatic carbocycles. The first kappa shape index (κ1) is 18.3. The van der Waals surface area contributed by atoms with E-state index in [1.165, 1.54) is 4.31 Å². The average Bonchev–Trinajstić information content (AvgIpc) is 2.58. The van der Waals surface area contributed by atoms with Gasteiger partial charge in [0.15, 0.2) is 0 Å². The summed E-state index contributed by atoms with van der Waals surface area (Å²) >= 11 is 6.54. The van der Waals surface area contributed by atoms with Gasteiger partial charge in [-0.05, 0) is 23.1 Å². The van der Waals surface area contributed by atoms with Crippen LogP contribution < -0.4 is 0 Å². The Morgan fingerprint density at radius 1 is 1.08 bits per heavy atom. The molecule has 0 atom stereocenters. The van der Waals surface area contributed by atoms with E-state index in [0.29, 0.717) is 6.42 Å². The standard InChI is InChI=1S/C19H20ClNO2S/c1-3-10-18(17-13-8-5-9-14-17)19(20)21(24(2,22)23)15-16-11-6-4-7-12-16/h3-9,11-14H,1,10,15H2,2H3/b19-18-. The fraction of sp³-hybridized carbons (Fsp3) is 0.158. The molecule has 0 saturated heterocycles. The van der Waals surface area contributed by atoms with Crippen LogP contribution in [0.2, 0.25) is 0 Å². The molecule has 24 heavy (non-hydrogen) atoms. The Labute approximate surface area is 148 Å². The molecule has 0 radical (unpaired) electrons. The third-order valence-corrected chi connectivity index (χ3v) is 5.15. The second-order valence-corrected chi connectivity index (χ2v) is 7.65. The predicted octanol–water partition coefficient (Wildman–Crippen LogP) is 4.63. The van der Waals surface area contributed by atoms with Gasteiger partial charge in [0.1, 0.15) is 5.16 Å². The minimum atomic E-state index is -3.52. The van der Waals surface area contributed by atoms with E-state index in [2.05, 4.69) is 6.58 Å². The molecule has 126 valence electrons. The Morgan fingerprint density at radius 3 is 2.12 bits per heavy atom. The van der Waals surface area contributed by atoms with Crippen molar-refractivity contribution >= 4 is 27.2 Å². The largest absolute Gasteiger partial charge is 0.255 e. The molecule has 0 aliphatic rings. The molecule has 2 aromatic rings. The molecule has 0 aromatic heterocycles. The smallest absolute Gasteiger partial charge is 0.233 e. The number of hydrogen-bond acceptors (Lipinski definition) is 2. The molecule has 0 saturated carbocycles. The van der Waals surface area contributed by atoms with Crippen LogP contribution in [0.25, 0.3) is 5.57 Å². The highest BCUT2D eigenvalue weighted by Gasteiger charge is 2.22. The average molecular weight is 362 g/mol. The van der Waals surface area contributed by atoms with Gasteiger partial charge in [-0.15, -0.1) is 6.58 Å². The van der Waals surface area contributed by atoms with Crippen molar-refractivity contribution < 1.29 is 8.42 Å². The lowest BCUT2D eigenvalue weighted by molar-refractivity contribution is 0.494. The van der Waals surface area contributed by atoms with Gasteiger partial charge in [-0.1, -0.05) is 78.3 Å². The second-order valence-electron chi connectivity index (χ2n) is 5.38. The van der Waals surface area contributed by atoms with Crippen molar-refractivity contribution in [3.8, 4) is 0 Å². The van der Waals surface area contributed by atoms with Gasteiger partial charge in [-0.25, -0.2) is 8.42 Å². The second kappa shape index (κ2) is 8.18.